The first-order valence-electron chi connectivity index (χ1n) is 6.64. The van der Waals surface area contributed by atoms with Gasteiger partial charge in [-0.25, -0.2) is 4.39 Å². The average molecular weight is 284 g/mol. The van der Waals surface area contributed by atoms with Crippen LogP contribution >= 0.6 is 0 Å². The molecule has 108 valence electrons. The van der Waals surface area contributed by atoms with Gasteiger partial charge in [0.05, 0.1) is 18.9 Å². The maximum absolute atomic E-state index is 13.7. The Morgan fingerprint density at radius 1 is 1.19 bits per heavy atom. The Kier molecular flexibility index (Phi) is 4.44. The van der Waals surface area contributed by atoms with Gasteiger partial charge in [-0.3, -0.25) is 0 Å². The highest BCUT2D eigenvalue weighted by Gasteiger charge is 2.26. The minimum absolute atomic E-state index is 0.316. The average Bonchev–Trinajstić information content (AvgIpc) is 2.50. The molecule has 0 bridgehead atoms. The van der Waals surface area contributed by atoms with Crippen molar-refractivity contribution in [3.8, 4) is 11.8 Å². The lowest BCUT2D eigenvalue weighted by molar-refractivity contribution is 0.407. The van der Waals surface area contributed by atoms with Gasteiger partial charge < -0.3 is 10.1 Å². The van der Waals surface area contributed by atoms with Crippen LogP contribution in [0.15, 0.2) is 48.5 Å². The van der Waals surface area contributed by atoms with Crippen LogP contribution in [-0.2, 0) is 6.42 Å². The number of ether oxygens (including phenoxy) is 1. The summed E-state index contributed by atoms with van der Waals surface area (Å²) in [5.74, 6) is 0.341. The third-order valence-electron chi connectivity index (χ3n) is 3.27. The lowest BCUT2D eigenvalue weighted by Crippen LogP contribution is -2.36. The van der Waals surface area contributed by atoms with E-state index in [-0.39, 0.29) is 5.82 Å². The second kappa shape index (κ2) is 6.27. The van der Waals surface area contributed by atoms with Crippen molar-refractivity contribution in [2.24, 2.45) is 0 Å². The number of halogens is 1. The molecule has 0 aromatic heterocycles. The van der Waals surface area contributed by atoms with E-state index in [9.17, 15) is 9.65 Å². The van der Waals surface area contributed by atoms with Crippen LogP contribution in [0.1, 0.15) is 12.5 Å². The van der Waals surface area contributed by atoms with Gasteiger partial charge in [0.15, 0.2) is 0 Å². The zero-order chi connectivity index (χ0) is 15.3. The van der Waals surface area contributed by atoms with Crippen molar-refractivity contribution in [3.63, 3.8) is 0 Å². The molecule has 0 aliphatic carbocycles. The second-order valence-electron chi connectivity index (χ2n) is 5.04. The molecule has 2 rings (SSSR count). The van der Waals surface area contributed by atoms with Gasteiger partial charge in [-0.05, 0) is 30.7 Å². The molecule has 4 heteroatoms. The van der Waals surface area contributed by atoms with E-state index in [0.717, 1.165) is 5.56 Å². The van der Waals surface area contributed by atoms with Crippen LogP contribution in [0.3, 0.4) is 0 Å². The summed E-state index contributed by atoms with van der Waals surface area (Å²) in [4.78, 5) is 0. The molecule has 0 heterocycles. The fraction of sp³-hybridized carbons (Fsp3) is 0.235. The maximum Gasteiger partial charge on any atom is 0.146 e. The number of nitrogens with one attached hydrogen (secondary N) is 1. The zero-order valence-corrected chi connectivity index (χ0v) is 12.1. The van der Waals surface area contributed by atoms with E-state index >= 15 is 0 Å². The molecule has 0 fully saturated rings. The minimum Gasteiger partial charge on any atom is -0.496 e. The predicted molar refractivity (Wildman–Crippen MR) is 80.7 cm³/mol. The smallest absolute Gasteiger partial charge is 0.146 e. The van der Waals surface area contributed by atoms with Crippen molar-refractivity contribution in [1.29, 1.82) is 5.26 Å². The molecule has 21 heavy (non-hydrogen) atoms. The van der Waals surface area contributed by atoms with Crippen LogP contribution in [0.5, 0.6) is 5.75 Å². The molecule has 1 atom stereocenters. The van der Waals surface area contributed by atoms with Crippen molar-refractivity contribution >= 4 is 5.69 Å². The van der Waals surface area contributed by atoms with Gasteiger partial charge in [0.25, 0.3) is 0 Å². The minimum atomic E-state index is -0.934. The molecule has 2 aromatic rings. The maximum atomic E-state index is 13.7. The SMILES string of the molecule is COc1ccccc1CC(C)(C#N)Nc1ccccc1F. The van der Waals surface area contributed by atoms with Gasteiger partial charge in [0, 0.05) is 6.42 Å². The number of hydrogen-bond donors (Lipinski definition) is 1. The fourth-order valence-electron chi connectivity index (χ4n) is 2.20. The first kappa shape index (κ1) is 14.9. The number of para-hydroxylation sites is 2. The van der Waals surface area contributed by atoms with Crippen LogP contribution in [0, 0.1) is 17.1 Å². The van der Waals surface area contributed by atoms with Crippen molar-refractivity contribution in [1.82, 2.24) is 0 Å². The number of hydrogen-bond acceptors (Lipinski definition) is 3. The number of methoxy groups -OCH3 is 1. The summed E-state index contributed by atoms with van der Waals surface area (Å²) < 4.78 is 19.0. The van der Waals surface area contributed by atoms with Crippen LogP contribution in [-0.4, -0.2) is 12.6 Å². The van der Waals surface area contributed by atoms with Gasteiger partial charge in [-0.1, -0.05) is 30.3 Å². The number of rotatable bonds is 5. The van der Waals surface area contributed by atoms with Crippen molar-refractivity contribution < 1.29 is 9.13 Å². The van der Waals surface area contributed by atoms with Gasteiger partial charge in [0.2, 0.25) is 0 Å². The lowest BCUT2D eigenvalue weighted by atomic mass is 9.93. The Labute approximate surface area is 124 Å². The normalized spacial score (nSPS) is 13.0. The molecule has 0 saturated carbocycles. The van der Waals surface area contributed by atoms with Crippen molar-refractivity contribution in [3.05, 3.63) is 59.9 Å². The molecule has 0 aliphatic heterocycles. The summed E-state index contributed by atoms with van der Waals surface area (Å²) in [6.07, 6.45) is 0.405. The van der Waals surface area contributed by atoms with Crippen LogP contribution in [0.25, 0.3) is 0 Å². The van der Waals surface area contributed by atoms with E-state index in [1.54, 1.807) is 32.2 Å². The number of benzene rings is 2. The summed E-state index contributed by atoms with van der Waals surface area (Å²) >= 11 is 0. The third kappa shape index (κ3) is 3.51. The Morgan fingerprint density at radius 2 is 1.86 bits per heavy atom. The van der Waals surface area contributed by atoms with Crippen molar-refractivity contribution in [2.75, 3.05) is 12.4 Å². The predicted octanol–water partition coefficient (Wildman–Crippen LogP) is 3.77. The van der Waals surface area contributed by atoms with Gasteiger partial charge in [0.1, 0.15) is 17.1 Å². The number of nitriles is 1. The molecule has 0 saturated heterocycles. The van der Waals surface area contributed by atoms with E-state index in [1.165, 1.54) is 6.07 Å². The highest BCUT2D eigenvalue weighted by atomic mass is 19.1. The van der Waals surface area contributed by atoms with E-state index in [1.807, 2.05) is 24.3 Å². The Morgan fingerprint density at radius 3 is 2.52 bits per heavy atom. The number of anilines is 1. The zero-order valence-electron chi connectivity index (χ0n) is 12.1. The molecule has 0 aliphatic rings. The first-order valence-corrected chi connectivity index (χ1v) is 6.64. The third-order valence-corrected chi connectivity index (χ3v) is 3.27. The largest absolute Gasteiger partial charge is 0.496 e. The molecule has 0 amide bonds. The molecular weight excluding hydrogens is 267 g/mol. The molecule has 2 aromatic carbocycles. The standard InChI is InChI=1S/C17H17FN2O/c1-17(12-19,20-15-9-5-4-8-14(15)18)11-13-7-3-6-10-16(13)21-2/h3-10,20H,11H2,1-2H3. The van der Waals surface area contributed by atoms with E-state index in [0.29, 0.717) is 17.9 Å². The molecular formula is C17H17FN2O. The summed E-state index contributed by atoms with van der Waals surface area (Å²) in [5.41, 5.74) is 0.279. The fourth-order valence-corrected chi connectivity index (χ4v) is 2.20. The molecule has 1 unspecified atom stereocenters. The van der Waals surface area contributed by atoms with Crippen LogP contribution in [0.2, 0.25) is 0 Å². The lowest BCUT2D eigenvalue weighted by Gasteiger charge is -2.25. The van der Waals surface area contributed by atoms with Crippen LogP contribution < -0.4 is 10.1 Å². The number of nitrogens with zero attached hydrogens (tertiary/aromatic N) is 1. The quantitative estimate of drug-likeness (QED) is 0.909. The van der Waals surface area contributed by atoms with Gasteiger partial charge in [-0.15, -0.1) is 0 Å². The Hall–Kier alpha value is -2.54. The molecule has 1 N–H and O–H groups in total. The van der Waals surface area contributed by atoms with E-state index < -0.39 is 5.54 Å². The summed E-state index contributed by atoms with van der Waals surface area (Å²) in [7, 11) is 1.59. The summed E-state index contributed by atoms with van der Waals surface area (Å²) in [5, 5.41) is 12.5. The monoisotopic (exact) mass is 284 g/mol. The van der Waals surface area contributed by atoms with E-state index in [2.05, 4.69) is 11.4 Å². The molecule has 0 spiro atoms. The first-order chi connectivity index (χ1) is 10.1. The molecule has 3 nitrogen and oxygen atoms in total. The highest BCUT2D eigenvalue weighted by Crippen LogP contribution is 2.26. The van der Waals surface area contributed by atoms with Gasteiger partial charge in [-0.2, -0.15) is 5.26 Å². The topological polar surface area (TPSA) is 45.0 Å². The summed E-state index contributed by atoms with van der Waals surface area (Å²) in [6, 6.07) is 16.0. The second-order valence-corrected chi connectivity index (χ2v) is 5.04. The Balaban J connectivity index is 2.26. The van der Waals surface area contributed by atoms with Crippen LogP contribution in [0.4, 0.5) is 10.1 Å². The molecule has 0 radical (unpaired) electrons. The van der Waals surface area contributed by atoms with Crippen molar-refractivity contribution in [2.45, 2.75) is 18.9 Å². The summed E-state index contributed by atoms with van der Waals surface area (Å²) in [6.45, 7) is 1.74. The Bertz CT molecular complexity index is 666. The van der Waals surface area contributed by atoms with Gasteiger partial charge >= 0.3 is 0 Å². The van der Waals surface area contributed by atoms with E-state index in [4.69, 9.17) is 4.74 Å². The highest BCUT2D eigenvalue weighted by molar-refractivity contribution is 5.50.